The molecule has 1 unspecified atom stereocenters. The number of rotatable bonds is 5. The van der Waals surface area contributed by atoms with Crippen LogP contribution in [0.5, 0.6) is 5.75 Å². The lowest BCUT2D eigenvalue weighted by atomic mass is 10.1. The number of fused-ring (bicyclic) bond motifs is 1. The number of hydrogen-bond acceptors (Lipinski definition) is 5. The molecule has 9 heteroatoms. The van der Waals surface area contributed by atoms with Gasteiger partial charge in [0.15, 0.2) is 6.10 Å². The molecule has 0 radical (unpaired) electrons. The number of ether oxygens (including phenoxy) is 2. The summed E-state index contributed by atoms with van der Waals surface area (Å²) in [6.07, 6.45) is -0.588. The largest absolute Gasteiger partial charge is 0.479 e. The van der Waals surface area contributed by atoms with Crippen LogP contribution in [0, 0.1) is 0 Å². The number of nitrogens with zero attached hydrogens (tertiary/aromatic N) is 2. The second kappa shape index (κ2) is 9.55. The number of benzene rings is 2. The van der Waals surface area contributed by atoms with Gasteiger partial charge >= 0.3 is 6.03 Å². The van der Waals surface area contributed by atoms with E-state index < -0.39 is 6.10 Å². The molecule has 0 saturated carbocycles. The fourth-order valence-corrected chi connectivity index (χ4v) is 3.74. The first-order chi connectivity index (χ1) is 15.0. The van der Waals surface area contributed by atoms with E-state index in [1.54, 1.807) is 54.3 Å². The summed E-state index contributed by atoms with van der Waals surface area (Å²) in [5.41, 5.74) is 1.91. The number of nitrogens with one attached hydrogen (secondary N) is 2. The van der Waals surface area contributed by atoms with Gasteiger partial charge in [-0.2, -0.15) is 0 Å². The predicted octanol–water partition coefficient (Wildman–Crippen LogP) is 3.43. The molecule has 2 aromatic carbocycles. The molecule has 0 spiro atoms. The van der Waals surface area contributed by atoms with Crippen molar-refractivity contribution in [2.24, 2.45) is 0 Å². The summed E-state index contributed by atoms with van der Waals surface area (Å²) >= 11 is 5.87. The Morgan fingerprint density at radius 2 is 1.74 bits per heavy atom. The molecule has 0 aliphatic carbocycles. The topological polar surface area (TPSA) is 83.1 Å². The maximum Gasteiger partial charge on any atom is 0.323 e. The second-order valence-corrected chi connectivity index (χ2v) is 7.91. The summed E-state index contributed by atoms with van der Waals surface area (Å²) in [4.78, 5) is 29.1. The van der Waals surface area contributed by atoms with E-state index in [9.17, 15) is 9.59 Å². The van der Waals surface area contributed by atoms with Crippen LogP contribution in [0.25, 0.3) is 0 Å². The van der Waals surface area contributed by atoms with Crippen molar-refractivity contribution in [2.75, 3.05) is 54.9 Å². The highest BCUT2D eigenvalue weighted by molar-refractivity contribution is 6.30. The van der Waals surface area contributed by atoms with Crippen LogP contribution in [-0.2, 0) is 9.53 Å². The van der Waals surface area contributed by atoms with Gasteiger partial charge in [0, 0.05) is 48.6 Å². The fraction of sp³-hybridized carbons (Fsp3) is 0.364. The third-order valence-corrected chi connectivity index (χ3v) is 5.52. The number of amides is 3. The predicted molar refractivity (Wildman–Crippen MR) is 120 cm³/mol. The minimum Gasteiger partial charge on any atom is -0.479 e. The van der Waals surface area contributed by atoms with Gasteiger partial charge in [0.05, 0.1) is 18.9 Å². The van der Waals surface area contributed by atoms with Gasteiger partial charge in [-0.15, -0.1) is 0 Å². The summed E-state index contributed by atoms with van der Waals surface area (Å²) < 4.78 is 11.2. The summed E-state index contributed by atoms with van der Waals surface area (Å²) in [5.74, 6) is 0.500. The van der Waals surface area contributed by atoms with E-state index in [0.29, 0.717) is 34.4 Å². The van der Waals surface area contributed by atoms with Crippen molar-refractivity contribution in [3.8, 4) is 5.75 Å². The molecule has 1 atom stereocenters. The standard InChI is InChI=1S/C22H25ClN4O4/c1-15-21(28)27(9-8-26-10-12-30-13-11-26)19-7-6-18(14-20(19)31-15)25-22(29)24-17-4-2-16(23)3-5-17/h2-7,14-15H,8-13H2,1H3,(H2,24,25,29). The zero-order valence-corrected chi connectivity index (χ0v) is 18.0. The molecule has 3 amide bonds. The third kappa shape index (κ3) is 5.28. The van der Waals surface area contributed by atoms with Gasteiger partial charge in [-0.25, -0.2) is 4.79 Å². The Hall–Kier alpha value is -2.81. The van der Waals surface area contributed by atoms with Gasteiger partial charge in [-0.05, 0) is 43.3 Å². The zero-order valence-electron chi connectivity index (χ0n) is 17.3. The van der Waals surface area contributed by atoms with Crippen molar-refractivity contribution < 1.29 is 19.1 Å². The molecule has 8 nitrogen and oxygen atoms in total. The Morgan fingerprint density at radius 1 is 1.06 bits per heavy atom. The lowest BCUT2D eigenvalue weighted by Gasteiger charge is -2.35. The van der Waals surface area contributed by atoms with E-state index in [1.807, 2.05) is 0 Å². The summed E-state index contributed by atoms with van der Waals surface area (Å²) in [6, 6.07) is 11.8. The number of hydrogen-bond donors (Lipinski definition) is 2. The highest BCUT2D eigenvalue weighted by atomic mass is 35.5. The molecule has 1 fully saturated rings. The summed E-state index contributed by atoms with van der Waals surface area (Å²) in [5, 5.41) is 6.14. The van der Waals surface area contributed by atoms with Gasteiger partial charge < -0.3 is 25.0 Å². The quantitative estimate of drug-likeness (QED) is 0.738. The van der Waals surface area contributed by atoms with Crippen molar-refractivity contribution in [3.63, 3.8) is 0 Å². The van der Waals surface area contributed by atoms with Crippen LogP contribution in [0.1, 0.15) is 6.92 Å². The zero-order chi connectivity index (χ0) is 21.8. The van der Waals surface area contributed by atoms with Crippen molar-refractivity contribution in [3.05, 3.63) is 47.5 Å². The van der Waals surface area contributed by atoms with Crippen molar-refractivity contribution in [1.29, 1.82) is 0 Å². The first-order valence-corrected chi connectivity index (χ1v) is 10.6. The van der Waals surface area contributed by atoms with E-state index in [1.165, 1.54) is 0 Å². The van der Waals surface area contributed by atoms with Crippen molar-refractivity contribution in [1.82, 2.24) is 4.90 Å². The Balaban J connectivity index is 1.43. The smallest absolute Gasteiger partial charge is 0.323 e. The van der Waals surface area contributed by atoms with Crippen LogP contribution >= 0.6 is 11.6 Å². The number of urea groups is 1. The highest BCUT2D eigenvalue weighted by Gasteiger charge is 2.32. The normalized spacial score (nSPS) is 18.8. The maximum absolute atomic E-state index is 12.7. The van der Waals surface area contributed by atoms with E-state index in [0.717, 1.165) is 32.8 Å². The molecule has 0 bridgehead atoms. The van der Waals surface area contributed by atoms with E-state index in [4.69, 9.17) is 21.1 Å². The van der Waals surface area contributed by atoms with Crippen LogP contribution in [0.2, 0.25) is 5.02 Å². The molecule has 1 saturated heterocycles. The lowest BCUT2D eigenvalue weighted by Crippen LogP contribution is -2.48. The van der Waals surface area contributed by atoms with Gasteiger partial charge in [0.25, 0.3) is 5.91 Å². The molecule has 164 valence electrons. The number of carbonyl (C=O) groups excluding carboxylic acids is 2. The van der Waals surface area contributed by atoms with Gasteiger partial charge in [0.1, 0.15) is 5.75 Å². The van der Waals surface area contributed by atoms with Crippen molar-refractivity contribution >= 4 is 40.6 Å². The van der Waals surface area contributed by atoms with Crippen LogP contribution < -0.4 is 20.3 Å². The van der Waals surface area contributed by atoms with Crippen LogP contribution in [0.3, 0.4) is 0 Å². The molecule has 2 aliphatic heterocycles. The maximum atomic E-state index is 12.7. The van der Waals surface area contributed by atoms with Crippen molar-refractivity contribution in [2.45, 2.75) is 13.0 Å². The average Bonchev–Trinajstić information content (AvgIpc) is 2.76. The van der Waals surface area contributed by atoms with E-state index in [2.05, 4.69) is 15.5 Å². The Bertz CT molecular complexity index is 947. The molecule has 31 heavy (non-hydrogen) atoms. The Labute approximate surface area is 186 Å². The molecule has 4 rings (SSSR count). The number of anilines is 3. The number of morpholine rings is 1. The van der Waals surface area contributed by atoms with Gasteiger partial charge in [-0.1, -0.05) is 11.6 Å². The van der Waals surface area contributed by atoms with Crippen LogP contribution in [-0.4, -0.2) is 62.3 Å². The third-order valence-electron chi connectivity index (χ3n) is 5.27. The summed E-state index contributed by atoms with van der Waals surface area (Å²) in [7, 11) is 0. The Kier molecular flexibility index (Phi) is 6.60. The minimum atomic E-state index is -0.588. The molecule has 2 aliphatic rings. The molecule has 2 heterocycles. The minimum absolute atomic E-state index is 0.0676. The van der Waals surface area contributed by atoms with Gasteiger partial charge in [0.2, 0.25) is 0 Å². The molecular weight excluding hydrogens is 420 g/mol. The first-order valence-electron chi connectivity index (χ1n) is 10.3. The lowest BCUT2D eigenvalue weighted by molar-refractivity contribution is -0.125. The summed E-state index contributed by atoms with van der Waals surface area (Å²) in [6.45, 7) is 6.25. The van der Waals surface area contributed by atoms with E-state index in [-0.39, 0.29) is 11.9 Å². The monoisotopic (exact) mass is 444 g/mol. The molecule has 2 N–H and O–H groups in total. The average molecular weight is 445 g/mol. The number of halogens is 1. The molecule has 0 aromatic heterocycles. The van der Waals surface area contributed by atoms with Crippen LogP contribution in [0.15, 0.2) is 42.5 Å². The van der Waals surface area contributed by atoms with Crippen LogP contribution in [0.4, 0.5) is 21.9 Å². The Morgan fingerprint density at radius 3 is 2.48 bits per heavy atom. The van der Waals surface area contributed by atoms with E-state index >= 15 is 0 Å². The second-order valence-electron chi connectivity index (χ2n) is 7.47. The fourth-order valence-electron chi connectivity index (χ4n) is 3.61. The molecular formula is C22H25ClN4O4. The highest BCUT2D eigenvalue weighted by Crippen LogP contribution is 2.36. The number of carbonyl (C=O) groups is 2. The SMILES string of the molecule is CC1Oc2cc(NC(=O)Nc3ccc(Cl)cc3)ccc2N(CCN2CCOCC2)C1=O. The first kappa shape index (κ1) is 21.4. The van der Waals surface area contributed by atoms with Gasteiger partial charge in [-0.3, -0.25) is 9.69 Å². The molecule has 2 aromatic rings.